The van der Waals surface area contributed by atoms with Gasteiger partial charge in [-0.25, -0.2) is 4.79 Å². The lowest BCUT2D eigenvalue weighted by atomic mass is 10.1. The second-order valence-corrected chi connectivity index (χ2v) is 6.58. The zero-order valence-electron chi connectivity index (χ0n) is 17.0. The van der Waals surface area contributed by atoms with Crippen LogP contribution < -0.4 is 29.9 Å². The van der Waals surface area contributed by atoms with Crippen molar-refractivity contribution in [1.82, 2.24) is 5.32 Å². The highest BCUT2D eigenvalue weighted by atomic mass is 16.5. The third kappa shape index (κ3) is 5.00. The average Bonchev–Trinajstić information content (AvgIpc) is 2.74. The Balaban J connectivity index is 1.60. The van der Waals surface area contributed by atoms with Gasteiger partial charge in [-0.15, -0.1) is 0 Å². The quantitative estimate of drug-likeness (QED) is 0.553. The third-order valence-electron chi connectivity index (χ3n) is 4.47. The maximum atomic E-state index is 11.4. The second kappa shape index (κ2) is 9.34. The Morgan fingerprint density at radius 1 is 0.966 bits per heavy atom. The van der Waals surface area contributed by atoms with E-state index in [-0.39, 0.29) is 11.7 Å². The van der Waals surface area contributed by atoms with Crippen molar-refractivity contribution < 1.29 is 23.4 Å². The molecular formula is C22H25NO6. The molecule has 3 rings (SSSR count). The van der Waals surface area contributed by atoms with E-state index in [2.05, 4.69) is 5.32 Å². The smallest absolute Gasteiger partial charge is 0.336 e. The van der Waals surface area contributed by atoms with Gasteiger partial charge < -0.3 is 28.7 Å². The molecular weight excluding hydrogens is 374 g/mol. The zero-order valence-corrected chi connectivity index (χ0v) is 17.0. The minimum absolute atomic E-state index is 0.0765. The molecule has 1 heterocycles. The fourth-order valence-corrected chi connectivity index (χ4v) is 2.94. The molecule has 3 aromatic rings. The van der Waals surface area contributed by atoms with Gasteiger partial charge in [0, 0.05) is 30.1 Å². The summed E-state index contributed by atoms with van der Waals surface area (Å²) in [5.74, 6) is 2.45. The fraction of sp³-hybridized carbons (Fsp3) is 0.318. The van der Waals surface area contributed by atoms with Crippen LogP contribution >= 0.6 is 0 Å². The molecule has 7 nitrogen and oxygen atoms in total. The van der Waals surface area contributed by atoms with E-state index in [0.29, 0.717) is 41.7 Å². The first-order valence-corrected chi connectivity index (χ1v) is 9.23. The number of hydrogen-bond donors (Lipinski definition) is 1. The summed E-state index contributed by atoms with van der Waals surface area (Å²) in [6, 6.07) is 12.5. The number of nitrogens with one attached hydrogen (secondary N) is 1. The molecule has 0 bridgehead atoms. The predicted octanol–water partition coefficient (Wildman–Crippen LogP) is 3.38. The van der Waals surface area contributed by atoms with Crippen molar-refractivity contribution in [3.63, 3.8) is 0 Å². The third-order valence-corrected chi connectivity index (χ3v) is 4.47. The van der Waals surface area contributed by atoms with E-state index in [4.69, 9.17) is 23.4 Å². The Morgan fingerprint density at radius 3 is 2.31 bits per heavy atom. The van der Waals surface area contributed by atoms with Gasteiger partial charge in [-0.2, -0.15) is 0 Å². The molecule has 0 saturated carbocycles. The molecule has 2 aromatic carbocycles. The minimum Gasteiger partial charge on any atom is -0.493 e. The van der Waals surface area contributed by atoms with E-state index in [1.165, 1.54) is 6.07 Å². The summed E-state index contributed by atoms with van der Waals surface area (Å²) in [6.07, 6.45) is 0. The fourth-order valence-electron chi connectivity index (χ4n) is 2.94. The van der Waals surface area contributed by atoms with Crippen LogP contribution in [0.25, 0.3) is 11.0 Å². The van der Waals surface area contributed by atoms with Crippen molar-refractivity contribution in [2.45, 2.75) is 19.5 Å². The van der Waals surface area contributed by atoms with Gasteiger partial charge in [-0.1, -0.05) is 0 Å². The van der Waals surface area contributed by atoms with Crippen LogP contribution in [-0.4, -0.2) is 34.0 Å². The Morgan fingerprint density at radius 2 is 1.66 bits per heavy atom. The largest absolute Gasteiger partial charge is 0.493 e. The highest BCUT2D eigenvalue weighted by molar-refractivity contribution is 5.77. The predicted molar refractivity (Wildman–Crippen MR) is 110 cm³/mol. The van der Waals surface area contributed by atoms with Crippen LogP contribution in [0.1, 0.15) is 12.5 Å². The Bertz CT molecular complexity index is 1000. The maximum absolute atomic E-state index is 11.4. The van der Waals surface area contributed by atoms with E-state index in [0.717, 1.165) is 10.9 Å². The summed E-state index contributed by atoms with van der Waals surface area (Å²) in [5.41, 5.74) is 1.13. The second-order valence-electron chi connectivity index (χ2n) is 6.58. The molecule has 0 radical (unpaired) electrons. The van der Waals surface area contributed by atoms with E-state index < -0.39 is 0 Å². The summed E-state index contributed by atoms with van der Waals surface area (Å²) >= 11 is 0. The van der Waals surface area contributed by atoms with Gasteiger partial charge in [0.25, 0.3) is 0 Å². The topological polar surface area (TPSA) is 79.2 Å². The van der Waals surface area contributed by atoms with Crippen LogP contribution in [0.3, 0.4) is 0 Å². The Labute approximate surface area is 169 Å². The van der Waals surface area contributed by atoms with Gasteiger partial charge in [0.05, 0.1) is 21.3 Å². The van der Waals surface area contributed by atoms with Gasteiger partial charge >= 0.3 is 5.63 Å². The molecule has 0 spiro atoms. The Hall–Kier alpha value is -3.19. The molecule has 0 aliphatic carbocycles. The van der Waals surface area contributed by atoms with Gasteiger partial charge in [-0.05, 0) is 42.8 Å². The van der Waals surface area contributed by atoms with Gasteiger partial charge in [0.15, 0.2) is 11.5 Å². The summed E-state index contributed by atoms with van der Waals surface area (Å²) in [6.45, 7) is 3.08. The number of fused-ring (bicyclic) bond motifs is 1. The summed E-state index contributed by atoms with van der Waals surface area (Å²) in [5, 5.41) is 4.26. The van der Waals surface area contributed by atoms with Crippen molar-refractivity contribution in [2.24, 2.45) is 0 Å². The first-order valence-electron chi connectivity index (χ1n) is 9.23. The van der Waals surface area contributed by atoms with Crippen LogP contribution in [0.5, 0.6) is 23.0 Å². The summed E-state index contributed by atoms with van der Waals surface area (Å²) in [7, 11) is 4.77. The molecule has 1 atom stereocenters. The van der Waals surface area contributed by atoms with Crippen molar-refractivity contribution in [3.8, 4) is 23.0 Å². The highest BCUT2D eigenvalue weighted by Gasteiger charge is 2.13. The molecule has 0 aliphatic heterocycles. The van der Waals surface area contributed by atoms with E-state index >= 15 is 0 Å². The molecule has 0 amide bonds. The first kappa shape index (κ1) is 20.5. The van der Waals surface area contributed by atoms with Crippen molar-refractivity contribution in [2.75, 3.05) is 27.9 Å². The molecule has 29 heavy (non-hydrogen) atoms. The molecule has 1 N–H and O–H groups in total. The zero-order chi connectivity index (χ0) is 20.8. The Kier molecular flexibility index (Phi) is 6.61. The first-order chi connectivity index (χ1) is 14.0. The van der Waals surface area contributed by atoms with Crippen LogP contribution in [0.15, 0.2) is 51.7 Å². The van der Waals surface area contributed by atoms with Gasteiger partial charge in [0.2, 0.25) is 5.75 Å². The van der Waals surface area contributed by atoms with Crippen LogP contribution in [-0.2, 0) is 6.54 Å². The molecule has 0 fully saturated rings. The molecule has 1 aromatic heterocycles. The average molecular weight is 399 g/mol. The van der Waals surface area contributed by atoms with Crippen molar-refractivity contribution >= 4 is 11.0 Å². The molecule has 7 heteroatoms. The highest BCUT2D eigenvalue weighted by Crippen LogP contribution is 2.38. The number of ether oxygens (including phenoxy) is 4. The summed E-state index contributed by atoms with van der Waals surface area (Å²) < 4.78 is 27.1. The lowest BCUT2D eigenvalue weighted by Gasteiger charge is -2.17. The normalized spacial score (nSPS) is 11.9. The van der Waals surface area contributed by atoms with Gasteiger partial charge in [-0.3, -0.25) is 0 Å². The van der Waals surface area contributed by atoms with Crippen molar-refractivity contribution in [3.05, 3.63) is 58.4 Å². The van der Waals surface area contributed by atoms with E-state index in [9.17, 15) is 4.79 Å². The molecule has 1 unspecified atom stereocenters. The van der Waals surface area contributed by atoms with Crippen LogP contribution in [0.4, 0.5) is 0 Å². The number of benzene rings is 2. The maximum Gasteiger partial charge on any atom is 0.336 e. The van der Waals surface area contributed by atoms with Crippen LogP contribution in [0.2, 0.25) is 0 Å². The number of methoxy groups -OCH3 is 3. The van der Waals surface area contributed by atoms with E-state index in [1.807, 2.05) is 31.2 Å². The molecule has 0 saturated heterocycles. The number of hydrogen-bond acceptors (Lipinski definition) is 7. The lowest BCUT2D eigenvalue weighted by Crippen LogP contribution is -2.31. The van der Waals surface area contributed by atoms with Crippen LogP contribution in [0, 0.1) is 0 Å². The molecule has 0 aliphatic rings. The number of rotatable bonds is 9. The minimum atomic E-state index is -0.380. The lowest BCUT2D eigenvalue weighted by molar-refractivity contribution is 0.272. The SMILES string of the molecule is COc1cc(CNC(C)COc2ccc3ccc(=O)oc3c2)cc(OC)c1OC. The van der Waals surface area contributed by atoms with Crippen molar-refractivity contribution in [1.29, 1.82) is 0 Å². The van der Waals surface area contributed by atoms with E-state index in [1.54, 1.807) is 33.5 Å². The monoisotopic (exact) mass is 399 g/mol. The standard InChI is InChI=1S/C22H25NO6/c1-14(13-28-17-7-5-16-6-8-21(24)29-18(16)11-17)23-12-15-9-19(25-2)22(27-4)20(10-15)26-3/h5-11,14,23H,12-13H2,1-4H3. The molecule has 154 valence electrons. The van der Waals surface area contributed by atoms with Gasteiger partial charge in [0.1, 0.15) is 17.9 Å². The summed E-state index contributed by atoms with van der Waals surface area (Å²) in [4.78, 5) is 11.4.